The van der Waals surface area contributed by atoms with Gasteiger partial charge in [-0.25, -0.2) is 21.9 Å². The lowest BCUT2D eigenvalue weighted by atomic mass is 10.1. The third kappa shape index (κ3) is 6.25. The summed E-state index contributed by atoms with van der Waals surface area (Å²) >= 11 is 0. The van der Waals surface area contributed by atoms with Crippen molar-refractivity contribution < 1.29 is 21.9 Å². The van der Waals surface area contributed by atoms with E-state index in [9.17, 15) is 17.2 Å². The summed E-state index contributed by atoms with van der Waals surface area (Å²) in [6, 6.07) is 5.62. The molecule has 0 aliphatic rings. The molecule has 0 heterocycles. The third-order valence-corrected chi connectivity index (χ3v) is 4.33. The van der Waals surface area contributed by atoms with E-state index in [4.69, 9.17) is 10.5 Å². The molecule has 0 bridgehead atoms. The van der Waals surface area contributed by atoms with Crippen LogP contribution in [-0.2, 0) is 10.0 Å². The summed E-state index contributed by atoms with van der Waals surface area (Å²) in [6.45, 7) is 2.73. The Morgan fingerprint density at radius 2 is 1.86 bits per heavy atom. The zero-order valence-corrected chi connectivity index (χ0v) is 13.5. The summed E-state index contributed by atoms with van der Waals surface area (Å²) < 4.78 is 57.1. The van der Waals surface area contributed by atoms with Gasteiger partial charge in [0, 0.05) is 0 Å². The van der Waals surface area contributed by atoms with Crippen molar-refractivity contribution >= 4 is 10.0 Å². The summed E-state index contributed by atoms with van der Waals surface area (Å²) in [6.07, 6.45) is 0.885. The van der Waals surface area contributed by atoms with Crippen molar-refractivity contribution in [2.24, 2.45) is 11.7 Å². The molecule has 8 heteroatoms. The second kappa shape index (κ2) is 7.85. The van der Waals surface area contributed by atoms with Crippen molar-refractivity contribution in [3.05, 3.63) is 24.3 Å². The number of ether oxygens (including phenoxy) is 1. The summed E-state index contributed by atoms with van der Waals surface area (Å²) in [7, 11) is -4.00. The van der Waals surface area contributed by atoms with E-state index in [0.29, 0.717) is 18.3 Å². The van der Waals surface area contributed by atoms with Crippen LogP contribution < -0.4 is 15.2 Å². The van der Waals surface area contributed by atoms with Crippen LogP contribution in [-0.4, -0.2) is 34.0 Å². The minimum absolute atomic E-state index is 0.100. The molecular weight excluding hydrogens is 314 g/mol. The first-order valence-electron chi connectivity index (χ1n) is 6.97. The van der Waals surface area contributed by atoms with Gasteiger partial charge in [-0.3, -0.25) is 0 Å². The second-order valence-electron chi connectivity index (χ2n) is 5.39. The number of halogens is 2. The number of nitrogens with two attached hydrogens (primary N) is 1. The third-order valence-electron chi connectivity index (χ3n) is 2.92. The van der Waals surface area contributed by atoms with Crippen LogP contribution >= 0.6 is 0 Å². The van der Waals surface area contributed by atoms with Gasteiger partial charge in [-0.15, -0.1) is 0 Å². The van der Waals surface area contributed by atoms with Crippen LogP contribution in [0.3, 0.4) is 0 Å². The fourth-order valence-corrected chi connectivity index (χ4v) is 2.55. The number of hydrogen-bond acceptors (Lipinski definition) is 4. The predicted octanol–water partition coefficient (Wildman–Crippen LogP) is 1.98. The van der Waals surface area contributed by atoms with Crippen LogP contribution in [0, 0.1) is 5.92 Å². The molecule has 0 radical (unpaired) electrons. The Morgan fingerprint density at radius 3 is 2.36 bits per heavy atom. The van der Waals surface area contributed by atoms with Crippen LogP contribution in [0.15, 0.2) is 29.2 Å². The van der Waals surface area contributed by atoms with Crippen LogP contribution in [0.5, 0.6) is 5.75 Å². The first-order chi connectivity index (χ1) is 10.2. The molecule has 0 atom stereocenters. The predicted molar refractivity (Wildman–Crippen MR) is 80.6 cm³/mol. The maximum atomic E-state index is 13.0. The summed E-state index contributed by atoms with van der Waals surface area (Å²) in [4.78, 5) is -0.100. The van der Waals surface area contributed by atoms with E-state index in [0.717, 1.165) is 6.42 Å². The first-order valence-corrected chi connectivity index (χ1v) is 8.45. The fourth-order valence-electron chi connectivity index (χ4n) is 1.48. The van der Waals surface area contributed by atoms with E-state index >= 15 is 0 Å². The molecule has 5 nitrogen and oxygen atoms in total. The highest BCUT2D eigenvalue weighted by Gasteiger charge is 2.29. The Labute approximate surface area is 129 Å². The highest BCUT2D eigenvalue weighted by Crippen LogP contribution is 2.17. The van der Waals surface area contributed by atoms with Crippen LogP contribution in [0.25, 0.3) is 0 Å². The molecular formula is C14H22F2N2O3S. The van der Waals surface area contributed by atoms with E-state index in [1.165, 1.54) is 24.3 Å². The molecule has 0 fully saturated rings. The second-order valence-corrected chi connectivity index (χ2v) is 7.15. The van der Waals surface area contributed by atoms with E-state index in [2.05, 4.69) is 13.8 Å². The molecule has 0 spiro atoms. The molecule has 126 valence electrons. The topological polar surface area (TPSA) is 81.4 Å². The Hall–Kier alpha value is -1.25. The summed E-state index contributed by atoms with van der Waals surface area (Å²) in [5.41, 5.74) is 4.86. The van der Waals surface area contributed by atoms with E-state index in [1.807, 2.05) is 4.72 Å². The molecule has 0 saturated heterocycles. The maximum absolute atomic E-state index is 13.0. The largest absolute Gasteiger partial charge is 0.494 e. The van der Waals surface area contributed by atoms with Crippen molar-refractivity contribution in [1.82, 2.24) is 4.72 Å². The molecule has 1 rings (SSSR count). The summed E-state index contributed by atoms with van der Waals surface area (Å²) in [5, 5.41) is 0. The highest BCUT2D eigenvalue weighted by molar-refractivity contribution is 7.89. The van der Waals surface area contributed by atoms with Gasteiger partial charge < -0.3 is 10.5 Å². The van der Waals surface area contributed by atoms with E-state index in [-0.39, 0.29) is 4.90 Å². The number of alkyl halides is 2. The maximum Gasteiger partial charge on any atom is 0.273 e. The average molecular weight is 336 g/mol. The lowest BCUT2D eigenvalue weighted by molar-refractivity contribution is 0.0170. The molecule has 3 N–H and O–H groups in total. The van der Waals surface area contributed by atoms with Gasteiger partial charge in [-0.1, -0.05) is 13.8 Å². The van der Waals surface area contributed by atoms with Gasteiger partial charge in [0.15, 0.2) is 0 Å². The zero-order valence-electron chi connectivity index (χ0n) is 12.7. The summed E-state index contributed by atoms with van der Waals surface area (Å²) in [5.74, 6) is -2.23. The number of hydrogen-bond donors (Lipinski definition) is 2. The Morgan fingerprint density at radius 1 is 1.27 bits per heavy atom. The van der Waals surface area contributed by atoms with Gasteiger partial charge in [0.25, 0.3) is 5.92 Å². The minimum atomic E-state index is -4.00. The number of sulfonamides is 1. The highest BCUT2D eigenvalue weighted by atomic mass is 32.2. The zero-order chi connectivity index (χ0) is 16.8. The van der Waals surface area contributed by atoms with Crippen molar-refractivity contribution in [2.75, 3.05) is 19.7 Å². The van der Waals surface area contributed by atoms with Gasteiger partial charge in [-0.05, 0) is 36.6 Å². The van der Waals surface area contributed by atoms with Gasteiger partial charge in [-0.2, -0.15) is 0 Å². The Kier molecular flexibility index (Phi) is 6.70. The van der Waals surface area contributed by atoms with Crippen molar-refractivity contribution in [3.8, 4) is 5.75 Å². The Balaban J connectivity index is 2.64. The quantitative estimate of drug-likeness (QED) is 0.722. The van der Waals surface area contributed by atoms with Crippen LogP contribution in [0.1, 0.15) is 20.3 Å². The number of rotatable bonds is 9. The average Bonchev–Trinajstić information content (AvgIpc) is 2.46. The van der Waals surface area contributed by atoms with E-state index in [1.54, 1.807) is 0 Å². The lowest BCUT2D eigenvalue weighted by Gasteiger charge is -2.15. The minimum Gasteiger partial charge on any atom is -0.494 e. The molecule has 0 aliphatic carbocycles. The fraction of sp³-hybridized carbons (Fsp3) is 0.571. The van der Waals surface area contributed by atoms with Gasteiger partial charge >= 0.3 is 0 Å². The SMILES string of the molecule is CC(C)CCOc1ccc(S(=O)(=O)NCC(F)(F)CN)cc1. The molecule has 0 amide bonds. The molecule has 0 unspecified atom stereocenters. The molecule has 22 heavy (non-hydrogen) atoms. The van der Waals surface area contributed by atoms with Crippen molar-refractivity contribution in [2.45, 2.75) is 31.1 Å². The van der Waals surface area contributed by atoms with Crippen LogP contribution in [0.2, 0.25) is 0 Å². The van der Waals surface area contributed by atoms with Crippen LogP contribution in [0.4, 0.5) is 8.78 Å². The molecule has 0 aliphatic heterocycles. The monoisotopic (exact) mass is 336 g/mol. The smallest absolute Gasteiger partial charge is 0.273 e. The van der Waals surface area contributed by atoms with Crippen molar-refractivity contribution in [1.29, 1.82) is 0 Å². The molecule has 0 saturated carbocycles. The first kappa shape index (κ1) is 18.8. The molecule has 0 aromatic heterocycles. The van der Waals surface area contributed by atoms with E-state index < -0.39 is 29.0 Å². The number of nitrogens with one attached hydrogen (secondary N) is 1. The lowest BCUT2D eigenvalue weighted by Crippen LogP contribution is -2.41. The molecule has 1 aromatic rings. The van der Waals surface area contributed by atoms with Crippen molar-refractivity contribution in [3.63, 3.8) is 0 Å². The van der Waals surface area contributed by atoms with Gasteiger partial charge in [0.05, 0.1) is 24.6 Å². The Bertz CT molecular complexity index is 560. The standard InChI is InChI=1S/C14H22F2N2O3S/c1-11(2)7-8-21-12-3-5-13(6-4-12)22(19,20)18-10-14(15,16)9-17/h3-6,11,18H,7-10,17H2,1-2H3. The van der Waals surface area contributed by atoms with Gasteiger partial charge in [0.2, 0.25) is 10.0 Å². The van der Waals surface area contributed by atoms with Gasteiger partial charge in [0.1, 0.15) is 5.75 Å². The normalized spacial score (nSPS) is 12.6. The number of benzene rings is 1. The molecule has 1 aromatic carbocycles.